The van der Waals surface area contributed by atoms with E-state index in [4.69, 9.17) is 0 Å². The Morgan fingerprint density at radius 2 is 1.88 bits per heavy atom. The van der Waals surface area contributed by atoms with Crippen LogP contribution in [0.25, 0.3) is 0 Å². The molecule has 0 aromatic heterocycles. The number of piperidine rings is 2. The Bertz CT molecular complexity index is 572. The summed E-state index contributed by atoms with van der Waals surface area (Å²) in [5.74, 6) is 2.99. The number of carbonyl (C=O) groups is 1. The highest BCUT2D eigenvalue weighted by molar-refractivity contribution is 5.80. The third kappa shape index (κ3) is 2.47. The summed E-state index contributed by atoms with van der Waals surface area (Å²) in [6.45, 7) is 2.41. The van der Waals surface area contributed by atoms with E-state index in [9.17, 15) is 4.79 Å². The molecule has 24 heavy (non-hydrogen) atoms. The van der Waals surface area contributed by atoms with Crippen LogP contribution in [-0.4, -0.2) is 40.9 Å². The van der Waals surface area contributed by atoms with Gasteiger partial charge in [-0.05, 0) is 62.9 Å². The second-order valence-corrected chi connectivity index (χ2v) is 8.76. The number of nitrogens with zero attached hydrogens (tertiary/aromatic N) is 2. The maximum atomic E-state index is 12.6. The zero-order chi connectivity index (χ0) is 16.1. The largest absolute Gasteiger partial charge is 0.313 e. The van der Waals surface area contributed by atoms with E-state index < -0.39 is 0 Å². The number of fused-ring (bicyclic) bond motifs is 3. The summed E-state index contributed by atoms with van der Waals surface area (Å²) in [6.07, 6.45) is 17.8. The molecule has 2 saturated carbocycles. The van der Waals surface area contributed by atoms with E-state index in [-0.39, 0.29) is 0 Å². The predicted molar refractivity (Wildman–Crippen MR) is 95.2 cm³/mol. The molecule has 1 amide bonds. The van der Waals surface area contributed by atoms with Gasteiger partial charge in [-0.15, -0.1) is 0 Å². The van der Waals surface area contributed by atoms with Crippen LogP contribution < -0.4 is 0 Å². The van der Waals surface area contributed by atoms with E-state index >= 15 is 0 Å². The minimum absolute atomic E-state index is 0.381. The highest BCUT2D eigenvalue weighted by Gasteiger charge is 2.44. The number of rotatable bonds is 2. The summed E-state index contributed by atoms with van der Waals surface area (Å²) >= 11 is 0. The molecule has 0 spiro atoms. The molecule has 3 nitrogen and oxygen atoms in total. The molecule has 2 heterocycles. The molecule has 0 radical (unpaired) electrons. The third-order valence-corrected chi connectivity index (χ3v) is 7.53. The van der Waals surface area contributed by atoms with Gasteiger partial charge in [0.05, 0.1) is 0 Å². The molecule has 4 atom stereocenters. The summed E-state index contributed by atoms with van der Waals surface area (Å²) in [7, 11) is 0. The van der Waals surface area contributed by atoms with Crippen molar-refractivity contribution in [2.45, 2.75) is 69.9 Å². The van der Waals surface area contributed by atoms with Crippen LogP contribution in [0.4, 0.5) is 0 Å². The first-order valence-corrected chi connectivity index (χ1v) is 10.2. The number of hydrogen-bond acceptors (Lipinski definition) is 2. The van der Waals surface area contributed by atoms with Crippen molar-refractivity contribution in [3.8, 4) is 0 Å². The molecular formula is C21H30N2O. The van der Waals surface area contributed by atoms with Crippen molar-refractivity contribution in [1.82, 2.24) is 9.80 Å². The molecule has 0 aromatic rings. The van der Waals surface area contributed by atoms with Gasteiger partial charge in [-0.3, -0.25) is 9.69 Å². The monoisotopic (exact) mass is 326 g/mol. The van der Waals surface area contributed by atoms with E-state index in [0.29, 0.717) is 17.9 Å². The molecule has 5 aliphatic rings. The standard InChI is InChI=1S/C21H30N2O/c24-21-8-7-16-3-1-2-4-19(16)23(21)18-9-11-22(12-10-18)20-14-15-5-6-17(20)13-15/h1-2,4,15-18,20H,3,5-14H2. The summed E-state index contributed by atoms with van der Waals surface area (Å²) in [4.78, 5) is 17.6. The van der Waals surface area contributed by atoms with Crippen LogP contribution in [0.2, 0.25) is 0 Å². The van der Waals surface area contributed by atoms with Gasteiger partial charge in [0.15, 0.2) is 0 Å². The van der Waals surface area contributed by atoms with Crippen LogP contribution in [0.5, 0.6) is 0 Å². The number of likely N-dealkylation sites (tertiary alicyclic amines) is 2. The average Bonchev–Trinajstić information content (AvgIpc) is 3.25. The Morgan fingerprint density at radius 1 is 1.00 bits per heavy atom. The van der Waals surface area contributed by atoms with E-state index in [1.165, 1.54) is 57.3 Å². The third-order valence-electron chi connectivity index (χ3n) is 7.53. The zero-order valence-corrected chi connectivity index (χ0v) is 14.7. The van der Waals surface area contributed by atoms with Crippen LogP contribution in [0.1, 0.15) is 57.8 Å². The summed E-state index contributed by atoms with van der Waals surface area (Å²) in [5.41, 5.74) is 1.33. The van der Waals surface area contributed by atoms with Crippen LogP contribution in [0.3, 0.4) is 0 Å². The van der Waals surface area contributed by atoms with Crippen molar-refractivity contribution in [1.29, 1.82) is 0 Å². The molecule has 3 heteroatoms. The molecule has 0 N–H and O–H groups in total. The molecule has 0 aromatic carbocycles. The molecule has 4 unspecified atom stereocenters. The summed E-state index contributed by atoms with van der Waals surface area (Å²) < 4.78 is 0. The van der Waals surface area contributed by atoms with Gasteiger partial charge in [-0.1, -0.05) is 18.6 Å². The van der Waals surface area contributed by atoms with Crippen LogP contribution in [0.15, 0.2) is 23.9 Å². The second kappa shape index (κ2) is 6.01. The van der Waals surface area contributed by atoms with Crippen molar-refractivity contribution in [3.63, 3.8) is 0 Å². The van der Waals surface area contributed by atoms with Crippen LogP contribution in [-0.2, 0) is 4.79 Å². The van der Waals surface area contributed by atoms with Gasteiger partial charge >= 0.3 is 0 Å². The van der Waals surface area contributed by atoms with Gasteiger partial charge < -0.3 is 4.90 Å². The van der Waals surface area contributed by atoms with Crippen LogP contribution in [0, 0.1) is 17.8 Å². The van der Waals surface area contributed by atoms with Crippen molar-refractivity contribution < 1.29 is 4.79 Å². The Kier molecular flexibility index (Phi) is 3.81. The van der Waals surface area contributed by atoms with Gasteiger partial charge in [0, 0.05) is 43.2 Å². The fourth-order valence-corrected chi connectivity index (χ4v) is 6.32. The minimum atomic E-state index is 0.381. The number of carbonyl (C=O) groups excluding carboxylic acids is 1. The van der Waals surface area contributed by atoms with Gasteiger partial charge in [-0.2, -0.15) is 0 Å². The quantitative estimate of drug-likeness (QED) is 0.772. The Labute approximate surface area is 145 Å². The van der Waals surface area contributed by atoms with E-state index in [1.54, 1.807) is 0 Å². The SMILES string of the molecule is O=C1CCC2CC=CC=C2N1C1CCN(C2CC3CCC2C3)CC1. The maximum Gasteiger partial charge on any atom is 0.227 e. The molecule has 4 fully saturated rings. The van der Waals surface area contributed by atoms with Crippen molar-refractivity contribution in [2.75, 3.05) is 13.1 Å². The lowest BCUT2D eigenvalue weighted by molar-refractivity contribution is -0.135. The first-order valence-electron chi connectivity index (χ1n) is 10.2. The van der Waals surface area contributed by atoms with Gasteiger partial charge in [0.25, 0.3) is 0 Å². The number of hydrogen-bond donors (Lipinski definition) is 0. The molecule has 3 aliphatic carbocycles. The first kappa shape index (κ1) is 15.2. The second-order valence-electron chi connectivity index (χ2n) is 8.76. The number of allylic oxidation sites excluding steroid dienone is 4. The van der Waals surface area contributed by atoms with Crippen LogP contribution >= 0.6 is 0 Å². The Morgan fingerprint density at radius 3 is 2.62 bits per heavy atom. The van der Waals surface area contributed by atoms with Crippen molar-refractivity contribution in [3.05, 3.63) is 23.9 Å². The predicted octanol–water partition coefficient (Wildman–Crippen LogP) is 3.72. The molecule has 5 rings (SSSR count). The van der Waals surface area contributed by atoms with Gasteiger partial charge in [0.2, 0.25) is 5.91 Å². The maximum absolute atomic E-state index is 12.6. The average molecular weight is 326 g/mol. The van der Waals surface area contributed by atoms with Crippen molar-refractivity contribution in [2.24, 2.45) is 17.8 Å². The Hall–Kier alpha value is -1.09. The zero-order valence-electron chi connectivity index (χ0n) is 14.7. The Balaban J connectivity index is 1.26. The lowest BCUT2D eigenvalue weighted by atomic mass is 9.85. The highest BCUT2D eigenvalue weighted by Crippen LogP contribution is 2.47. The molecule has 2 aliphatic heterocycles. The van der Waals surface area contributed by atoms with Crippen molar-refractivity contribution >= 4 is 5.91 Å². The summed E-state index contributed by atoms with van der Waals surface area (Å²) in [5, 5.41) is 0. The van der Waals surface area contributed by atoms with Gasteiger partial charge in [0.1, 0.15) is 0 Å². The molecule has 130 valence electrons. The fourth-order valence-electron chi connectivity index (χ4n) is 6.32. The van der Waals surface area contributed by atoms with E-state index in [0.717, 1.165) is 37.1 Å². The van der Waals surface area contributed by atoms with E-state index in [1.807, 2.05) is 0 Å². The minimum Gasteiger partial charge on any atom is -0.313 e. The topological polar surface area (TPSA) is 23.6 Å². The smallest absolute Gasteiger partial charge is 0.227 e. The van der Waals surface area contributed by atoms with Gasteiger partial charge in [-0.25, -0.2) is 0 Å². The normalized spacial score (nSPS) is 40.1. The molecule has 2 saturated heterocycles. The first-order chi connectivity index (χ1) is 11.8. The fraction of sp³-hybridized carbons (Fsp3) is 0.762. The number of amides is 1. The summed E-state index contributed by atoms with van der Waals surface area (Å²) in [6, 6.07) is 1.32. The highest BCUT2D eigenvalue weighted by atomic mass is 16.2. The lowest BCUT2D eigenvalue weighted by Gasteiger charge is -2.46. The van der Waals surface area contributed by atoms with E-state index in [2.05, 4.69) is 28.0 Å². The lowest BCUT2D eigenvalue weighted by Crippen LogP contribution is -2.52. The molecular weight excluding hydrogens is 296 g/mol. The molecule has 2 bridgehead atoms.